The third-order valence-corrected chi connectivity index (χ3v) is 1.07. The highest BCUT2D eigenvalue weighted by Crippen LogP contribution is 2.18. The molecule has 0 aliphatic carbocycles. The Morgan fingerprint density at radius 2 is 2.60 bits per heavy atom. The number of rotatable bonds is 2. The minimum Gasteiger partial charge on any atom is -0.336 e. The van der Waals surface area contributed by atoms with Crippen molar-refractivity contribution < 1.29 is 4.52 Å². The van der Waals surface area contributed by atoms with Crippen LogP contribution in [0.5, 0.6) is 0 Å². The highest BCUT2D eigenvalue weighted by molar-refractivity contribution is 5.59. The van der Waals surface area contributed by atoms with E-state index in [0.29, 0.717) is 5.88 Å². The molecule has 0 radical (unpaired) electrons. The molecule has 3 nitrogen and oxygen atoms in total. The van der Waals surface area contributed by atoms with E-state index in [1.54, 1.807) is 6.20 Å². The number of hydrogen-bond acceptors (Lipinski definition) is 3. The maximum Gasteiger partial charge on any atom is 0.257 e. The Balaban J connectivity index is 3.00. The van der Waals surface area contributed by atoms with Crippen molar-refractivity contribution in [2.24, 2.45) is 4.99 Å². The number of hydrogen-bond donors (Lipinski definition) is 0. The first kappa shape index (κ1) is 6.74. The van der Waals surface area contributed by atoms with Gasteiger partial charge in [0.25, 0.3) is 5.88 Å². The molecular formula is C7H8N2O. The van der Waals surface area contributed by atoms with Gasteiger partial charge in [-0.25, -0.2) is 4.99 Å². The maximum absolute atomic E-state index is 4.74. The Hall–Kier alpha value is -1.38. The number of nitrogens with zero attached hydrogens (tertiary/aromatic N) is 2. The topological polar surface area (TPSA) is 38.4 Å². The van der Waals surface area contributed by atoms with Gasteiger partial charge in [-0.3, -0.25) is 0 Å². The number of aliphatic imine (C=N–C) groups is 1. The predicted molar refractivity (Wildman–Crippen MR) is 40.4 cm³/mol. The first-order valence-corrected chi connectivity index (χ1v) is 2.92. The zero-order chi connectivity index (χ0) is 7.40. The molecule has 0 saturated carbocycles. The molecular weight excluding hydrogens is 128 g/mol. The Morgan fingerprint density at radius 3 is 3.20 bits per heavy atom. The normalized spacial score (nSPS) is 10.5. The quantitative estimate of drug-likeness (QED) is 0.583. The molecule has 0 unspecified atom stereocenters. The van der Waals surface area contributed by atoms with Gasteiger partial charge in [0.2, 0.25) is 0 Å². The summed E-state index contributed by atoms with van der Waals surface area (Å²) in [4.78, 5) is 3.62. The van der Waals surface area contributed by atoms with Crippen LogP contribution in [0.15, 0.2) is 21.8 Å². The van der Waals surface area contributed by atoms with E-state index in [-0.39, 0.29) is 0 Å². The molecule has 1 aromatic heterocycles. The summed E-state index contributed by atoms with van der Waals surface area (Å²) in [6.07, 6.45) is 5.35. The molecule has 1 heterocycles. The van der Waals surface area contributed by atoms with Gasteiger partial charge >= 0.3 is 0 Å². The zero-order valence-corrected chi connectivity index (χ0v) is 5.74. The lowest BCUT2D eigenvalue weighted by atomic mass is 10.3. The summed E-state index contributed by atoms with van der Waals surface area (Å²) in [7, 11) is 0. The summed E-state index contributed by atoms with van der Waals surface area (Å²) in [5.41, 5.74) is 0.859. The Labute approximate surface area is 59.1 Å². The van der Waals surface area contributed by atoms with E-state index in [4.69, 9.17) is 4.52 Å². The SMILES string of the molecule is C=Nc1oncc1/C=C\C. The molecule has 0 aliphatic rings. The van der Waals surface area contributed by atoms with Gasteiger partial charge in [0.05, 0.1) is 11.8 Å². The molecule has 52 valence electrons. The van der Waals surface area contributed by atoms with Crippen LogP contribution in [0.1, 0.15) is 12.5 Å². The molecule has 0 N–H and O–H groups in total. The van der Waals surface area contributed by atoms with Gasteiger partial charge in [0.1, 0.15) is 0 Å². The lowest BCUT2D eigenvalue weighted by Crippen LogP contribution is -1.61. The van der Waals surface area contributed by atoms with Crippen molar-refractivity contribution in [2.45, 2.75) is 6.92 Å². The van der Waals surface area contributed by atoms with Crippen LogP contribution in [0.4, 0.5) is 5.88 Å². The van der Waals surface area contributed by atoms with Crippen LogP contribution in [-0.2, 0) is 0 Å². The summed E-state index contributed by atoms with van der Waals surface area (Å²) in [5, 5.41) is 3.55. The smallest absolute Gasteiger partial charge is 0.257 e. The minimum absolute atomic E-state index is 0.470. The second kappa shape index (κ2) is 2.96. The Morgan fingerprint density at radius 1 is 1.80 bits per heavy atom. The molecule has 0 aromatic carbocycles. The molecule has 0 saturated heterocycles. The molecule has 0 bridgehead atoms. The molecule has 0 amide bonds. The third kappa shape index (κ3) is 1.13. The lowest BCUT2D eigenvalue weighted by Gasteiger charge is -1.82. The van der Waals surface area contributed by atoms with Crippen LogP contribution in [0, 0.1) is 0 Å². The number of allylic oxidation sites excluding steroid dienone is 1. The van der Waals surface area contributed by atoms with Gasteiger partial charge in [-0.15, -0.1) is 0 Å². The van der Waals surface area contributed by atoms with Crippen molar-refractivity contribution in [3.8, 4) is 0 Å². The van der Waals surface area contributed by atoms with Crippen LogP contribution >= 0.6 is 0 Å². The van der Waals surface area contributed by atoms with Gasteiger partial charge in [0, 0.05) is 0 Å². The second-order valence-corrected chi connectivity index (χ2v) is 1.74. The van der Waals surface area contributed by atoms with Gasteiger partial charge < -0.3 is 4.52 Å². The van der Waals surface area contributed by atoms with Crippen molar-refractivity contribution in [1.82, 2.24) is 5.16 Å². The summed E-state index contributed by atoms with van der Waals surface area (Å²) >= 11 is 0. The average Bonchev–Trinajstić information content (AvgIpc) is 2.36. The van der Waals surface area contributed by atoms with Crippen LogP contribution in [-0.4, -0.2) is 11.9 Å². The fourth-order valence-corrected chi connectivity index (χ4v) is 0.655. The molecule has 0 aliphatic heterocycles. The van der Waals surface area contributed by atoms with E-state index >= 15 is 0 Å². The van der Waals surface area contributed by atoms with Crippen LogP contribution < -0.4 is 0 Å². The Bertz CT molecular complexity index is 250. The molecule has 0 spiro atoms. The zero-order valence-electron chi connectivity index (χ0n) is 5.74. The largest absolute Gasteiger partial charge is 0.336 e. The van der Waals surface area contributed by atoms with E-state index in [1.165, 1.54) is 0 Å². The third-order valence-electron chi connectivity index (χ3n) is 1.07. The molecule has 1 aromatic rings. The van der Waals surface area contributed by atoms with E-state index in [2.05, 4.69) is 16.9 Å². The first-order valence-electron chi connectivity index (χ1n) is 2.92. The lowest BCUT2D eigenvalue weighted by molar-refractivity contribution is 0.430. The van der Waals surface area contributed by atoms with Crippen LogP contribution in [0.25, 0.3) is 6.08 Å². The molecule has 0 atom stereocenters. The molecule has 3 heteroatoms. The maximum atomic E-state index is 4.74. The predicted octanol–water partition coefficient (Wildman–Crippen LogP) is 2.04. The second-order valence-electron chi connectivity index (χ2n) is 1.74. The summed E-state index contributed by atoms with van der Waals surface area (Å²) < 4.78 is 4.74. The summed E-state index contributed by atoms with van der Waals surface area (Å²) in [6, 6.07) is 0. The van der Waals surface area contributed by atoms with Gasteiger partial charge in [-0.05, 0) is 13.6 Å². The monoisotopic (exact) mass is 136 g/mol. The molecule has 1 rings (SSSR count). The average molecular weight is 136 g/mol. The van der Waals surface area contributed by atoms with Crippen molar-refractivity contribution in [3.63, 3.8) is 0 Å². The van der Waals surface area contributed by atoms with E-state index < -0.39 is 0 Å². The van der Waals surface area contributed by atoms with E-state index in [0.717, 1.165) is 5.56 Å². The van der Waals surface area contributed by atoms with Gasteiger partial charge in [-0.1, -0.05) is 17.3 Å². The van der Waals surface area contributed by atoms with Crippen molar-refractivity contribution in [1.29, 1.82) is 0 Å². The van der Waals surface area contributed by atoms with Crippen molar-refractivity contribution in [3.05, 3.63) is 17.8 Å². The fourth-order valence-electron chi connectivity index (χ4n) is 0.655. The standard InChI is InChI=1S/C7H8N2O/c1-3-4-6-5-9-10-7(6)8-2/h3-5H,2H2,1H3/b4-3-. The summed E-state index contributed by atoms with van der Waals surface area (Å²) in [5.74, 6) is 0.470. The van der Waals surface area contributed by atoms with E-state index in [9.17, 15) is 0 Å². The van der Waals surface area contributed by atoms with Crippen LogP contribution in [0.2, 0.25) is 0 Å². The fraction of sp³-hybridized carbons (Fsp3) is 0.143. The number of aromatic nitrogens is 1. The Kier molecular flexibility index (Phi) is 1.99. The van der Waals surface area contributed by atoms with E-state index in [1.807, 2.05) is 19.1 Å². The summed E-state index contributed by atoms with van der Waals surface area (Å²) in [6.45, 7) is 5.24. The molecule has 0 fully saturated rings. The van der Waals surface area contributed by atoms with Gasteiger partial charge in [-0.2, -0.15) is 0 Å². The van der Waals surface area contributed by atoms with Crippen LogP contribution in [0.3, 0.4) is 0 Å². The van der Waals surface area contributed by atoms with Gasteiger partial charge in [0.15, 0.2) is 0 Å². The highest BCUT2D eigenvalue weighted by Gasteiger charge is 1.99. The van der Waals surface area contributed by atoms with Crippen molar-refractivity contribution >= 4 is 18.7 Å². The first-order chi connectivity index (χ1) is 4.88. The highest BCUT2D eigenvalue weighted by atomic mass is 16.5. The van der Waals surface area contributed by atoms with Crippen molar-refractivity contribution in [2.75, 3.05) is 0 Å². The molecule has 10 heavy (non-hydrogen) atoms. The minimum atomic E-state index is 0.470.